The van der Waals surface area contributed by atoms with E-state index in [4.69, 9.17) is 11.0 Å². The highest BCUT2D eigenvalue weighted by atomic mass is 16.3. The smallest absolute Gasteiger partial charge is 0.217 e. The summed E-state index contributed by atoms with van der Waals surface area (Å²) >= 11 is 0. The van der Waals surface area contributed by atoms with Gasteiger partial charge in [-0.25, -0.2) is 4.85 Å². The number of furan rings is 1. The first-order valence-electron chi connectivity index (χ1n) is 12.0. The molecule has 6 aromatic rings. The van der Waals surface area contributed by atoms with E-state index < -0.39 is 0 Å². The van der Waals surface area contributed by atoms with E-state index in [2.05, 4.69) is 78.8 Å². The van der Waals surface area contributed by atoms with Gasteiger partial charge in [-0.15, -0.1) is 0 Å². The summed E-state index contributed by atoms with van der Waals surface area (Å²) in [5, 5.41) is 2.08. The fourth-order valence-corrected chi connectivity index (χ4v) is 5.12. The fraction of sp³-hybridized carbons (Fsp3) is 0.0909. The zero-order valence-corrected chi connectivity index (χ0v) is 20.5. The maximum atomic E-state index is 7.79. The number of aryl methyl sites for hydroxylation is 2. The van der Waals surface area contributed by atoms with Crippen molar-refractivity contribution in [2.24, 2.45) is 7.05 Å². The monoisotopic (exact) mass is 465 g/mol. The van der Waals surface area contributed by atoms with Gasteiger partial charge in [-0.05, 0) is 29.2 Å². The van der Waals surface area contributed by atoms with E-state index in [9.17, 15) is 0 Å². The third-order valence-electron chi connectivity index (χ3n) is 7.09. The Kier molecular flexibility index (Phi) is 5.16. The minimum Gasteiger partial charge on any atom is -0.456 e. The van der Waals surface area contributed by atoms with Gasteiger partial charge in [-0.1, -0.05) is 84.9 Å². The van der Waals surface area contributed by atoms with Crippen molar-refractivity contribution >= 4 is 27.6 Å². The molecule has 3 heteroatoms. The van der Waals surface area contributed by atoms with Crippen LogP contribution < -0.4 is 4.57 Å². The van der Waals surface area contributed by atoms with Gasteiger partial charge >= 0.3 is 0 Å². The second-order valence-electron chi connectivity index (χ2n) is 9.25. The van der Waals surface area contributed by atoms with Gasteiger partial charge in [0.1, 0.15) is 18.2 Å². The fourth-order valence-electron chi connectivity index (χ4n) is 5.12. The molecule has 172 valence electrons. The number of aromatic nitrogens is 1. The molecule has 4 aromatic carbocycles. The van der Waals surface area contributed by atoms with Gasteiger partial charge in [-0.2, -0.15) is 4.57 Å². The van der Waals surface area contributed by atoms with Crippen molar-refractivity contribution in [2.45, 2.75) is 13.8 Å². The Morgan fingerprint density at radius 3 is 1.94 bits per heavy atom. The maximum absolute atomic E-state index is 7.79. The summed E-state index contributed by atoms with van der Waals surface area (Å²) < 4.78 is 8.96. The lowest BCUT2D eigenvalue weighted by Crippen LogP contribution is -2.35. The Labute approximate surface area is 210 Å². The maximum Gasteiger partial charge on any atom is 0.217 e. The average molecular weight is 466 g/mol. The summed E-state index contributed by atoms with van der Waals surface area (Å²) in [5.74, 6) is 0. The third-order valence-corrected chi connectivity index (χ3v) is 7.09. The van der Waals surface area contributed by atoms with E-state index >= 15 is 0 Å². The van der Waals surface area contributed by atoms with Crippen LogP contribution in [0.5, 0.6) is 0 Å². The summed E-state index contributed by atoms with van der Waals surface area (Å²) in [6.07, 6.45) is 0. The molecule has 2 heterocycles. The standard InChI is InChI=1S/C33H25N2O/c1-21-15-16-26-27-17-18-28(34-3)31(24-13-9-6-10-14-24)33(27)36-32(26)30(21)29-20-25(19-22(2)35(29)4)23-11-7-5-8-12-23/h5-20H,1-2,4H3/q+1. The van der Waals surface area contributed by atoms with Gasteiger partial charge in [0.2, 0.25) is 5.69 Å². The number of pyridine rings is 1. The molecule has 0 unspecified atom stereocenters. The second kappa shape index (κ2) is 8.52. The van der Waals surface area contributed by atoms with Crippen LogP contribution in [-0.4, -0.2) is 0 Å². The molecular formula is C33H25N2O+. The molecule has 0 saturated carbocycles. The van der Waals surface area contributed by atoms with Crippen molar-refractivity contribution < 1.29 is 8.98 Å². The molecule has 0 atom stereocenters. The molecule has 6 rings (SSSR count). The first-order chi connectivity index (χ1) is 17.6. The zero-order chi connectivity index (χ0) is 24.8. The van der Waals surface area contributed by atoms with Crippen molar-refractivity contribution in [2.75, 3.05) is 0 Å². The van der Waals surface area contributed by atoms with Crippen molar-refractivity contribution in [3.8, 4) is 33.5 Å². The molecule has 0 amide bonds. The van der Waals surface area contributed by atoms with E-state index in [1.807, 2.05) is 48.5 Å². The van der Waals surface area contributed by atoms with Crippen molar-refractivity contribution in [1.29, 1.82) is 0 Å². The Balaban J connectivity index is 1.70. The Hall–Kier alpha value is -4.68. The summed E-state index contributed by atoms with van der Waals surface area (Å²) in [5.41, 5.74) is 10.9. The SMILES string of the molecule is [C-]#[N+]c1ccc2c(oc3c(-c4cc(-c5ccccc5)cc(C)[n+]4C)c(C)ccc32)c1-c1ccccc1. The van der Waals surface area contributed by atoms with E-state index in [1.165, 1.54) is 16.8 Å². The summed E-state index contributed by atoms with van der Waals surface area (Å²) in [4.78, 5) is 3.82. The molecule has 0 aliphatic carbocycles. The molecule has 3 nitrogen and oxygen atoms in total. The minimum absolute atomic E-state index is 0.596. The summed E-state index contributed by atoms with van der Waals surface area (Å²) in [7, 11) is 2.10. The number of benzene rings is 4. The van der Waals surface area contributed by atoms with Crippen molar-refractivity contribution in [1.82, 2.24) is 0 Å². The van der Waals surface area contributed by atoms with Gasteiger partial charge < -0.3 is 4.42 Å². The van der Waals surface area contributed by atoms with Crippen molar-refractivity contribution in [3.63, 3.8) is 0 Å². The molecule has 0 radical (unpaired) electrons. The first kappa shape index (κ1) is 21.8. The van der Waals surface area contributed by atoms with Crippen molar-refractivity contribution in [3.05, 3.63) is 120 Å². The topological polar surface area (TPSA) is 21.4 Å². The molecule has 36 heavy (non-hydrogen) atoms. The predicted octanol–water partition coefficient (Wildman–Crippen LogP) is 8.58. The predicted molar refractivity (Wildman–Crippen MR) is 147 cm³/mol. The number of hydrogen-bond acceptors (Lipinski definition) is 1. The Morgan fingerprint density at radius 1 is 0.667 bits per heavy atom. The van der Waals surface area contributed by atoms with Crippen LogP contribution in [0, 0.1) is 20.4 Å². The summed E-state index contributed by atoms with van der Waals surface area (Å²) in [6.45, 7) is 12.1. The molecule has 0 fully saturated rings. The Bertz CT molecular complexity index is 1810. The van der Waals surface area contributed by atoms with Crippen LogP contribution in [0.3, 0.4) is 0 Å². The van der Waals surface area contributed by atoms with Crippen LogP contribution >= 0.6 is 0 Å². The van der Waals surface area contributed by atoms with Gasteiger partial charge in [0.25, 0.3) is 0 Å². The molecule has 0 bridgehead atoms. The van der Waals surface area contributed by atoms with E-state index in [-0.39, 0.29) is 0 Å². The van der Waals surface area contributed by atoms with Gasteiger partial charge in [0.05, 0.1) is 12.1 Å². The number of nitrogens with zero attached hydrogens (tertiary/aromatic N) is 2. The van der Waals surface area contributed by atoms with Crippen LogP contribution in [0.4, 0.5) is 5.69 Å². The summed E-state index contributed by atoms with van der Waals surface area (Å²) in [6, 6.07) is 33.2. The first-order valence-corrected chi connectivity index (χ1v) is 12.0. The van der Waals surface area contributed by atoms with Crippen LogP contribution in [0.25, 0.3) is 60.3 Å². The highest BCUT2D eigenvalue weighted by molar-refractivity contribution is 6.15. The molecular weight excluding hydrogens is 440 g/mol. The minimum atomic E-state index is 0.596. The number of rotatable bonds is 3. The van der Waals surface area contributed by atoms with Gasteiger partial charge in [0, 0.05) is 35.4 Å². The highest BCUT2D eigenvalue weighted by Gasteiger charge is 2.24. The lowest BCUT2D eigenvalue weighted by molar-refractivity contribution is -0.666. The van der Waals surface area contributed by atoms with Crippen LogP contribution in [0.15, 0.2) is 101 Å². The van der Waals surface area contributed by atoms with Crippen LogP contribution in [0.2, 0.25) is 0 Å². The van der Waals surface area contributed by atoms with E-state index in [0.717, 1.165) is 49.9 Å². The lowest BCUT2D eigenvalue weighted by Gasteiger charge is -2.10. The Morgan fingerprint density at radius 2 is 1.28 bits per heavy atom. The van der Waals surface area contributed by atoms with E-state index in [1.54, 1.807) is 0 Å². The van der Waals surface area contributed by atoms with Gasteiger partial charge in [-0.3, -0.25) is 0 Å². The molecule has 0 aliphatic heterocycles. The number of fused-ring (bicyclic) bond motifs is 3. The van der Waals surface area contributed by atoms with Crippen LogP contribution in [0.1, 0.15) is 11.3 Å². The largest absolute Gasteiger partial charge is 0.456 e. The zero-order valence-electron chi connectivity index (χ0n) is 20.5. The normalized spacial score (nSPS) is 11.2. The molecule has 0 saturated heterocycles. The molecule has 0 aliphatic rings. The van der Waals surface area contributed by atoms with Gasteiger partial charge in [0.15, 0.2) is 11.4 Å². The van der Waals surface area contributed by atoms with Crippen LogP contribution in [-0.2, 0) is 7.05 Å². The van der Waals surface area contributed by atoms with E-state index in [0.29, 0.717) is 5.69 Å². The lowest BCUT2D eigenvalue weighted by atomic mass is 9.96. The average Bonchev–Trinajstić information content (AvgIpc) is 3.29. The third kappa shape index (κ3) is 3.39. The number of hydrogen-bond donors (Lipinski definition) is 0. The second-order valence-corrected chi connectivity index (χ2v) is 9.25. The quantitative estimate of drug-likeness (QED) is 0.189. The molecule has 2 aromatic heterocycles. The highest BCUT2D eigenvalue weighted by Crippen LogP contribution is 2.44. The molecule has 0 N–H and O–H groups in total. The molecule has 0 spiro atoms.